The van der Waals surface area contributed by atoms with Crippen LogP contribution in [0.3, 0.4) is 0 Å². The van der Waals surface area contributed by atoms with Gasteiger partial charge in [-0.05, 0) is 43.3 Å². The van der Waals surface area contributed by atoms with Gasteiger partial charge >= 0.3 is 5.97 Å². The fourth-order valence-electron chi connectivity index (χ4n) is 2.28. The third kappa shape index (κ3) is 5.94. The van der Waals surface area contributed by atoms with E-state index in [9.17, 15) is 19.2 Å². The lowest BCUT2D eigenvalue weighted by Crippen LogP contribution is -2.32. The van der Waals surface area contributed by atoms with Gasteiger partial charge in [0.05, 0.1) is 12.8 Å². The molecule has 0 spiro atoms. The molecule has 0 aliphatic carbocycles. The highest BCUT2D eigenvalue weighted by atomic mass is 16.5. The van der Waals surface area contributed by atoms with Gasteiger partial charge in [-0.3, -0.25) is 19.2 Å². The summed E-state index contributed by atoms with van der Waals surface area (Å²) in [5, 5.41) is 4.92. The first-order valence-electron chi connectivity index (χ1n) is 8.38. The molecular weight excluding hydrogens is 364 g/mol. The fourth-order valence-corrected chi connectivity index (χ4v) is 2.28. The third-order valence-electron chi connectivity index (χ3n) is 3.69. The maximum atomic E-state index is 12.0. The van der Waals surface area contributed by atoms with Gasteiger partial charge in [-0.2, -0.15) is 0 Å². The van der Waals surface area contributed by atoms with Gasteiger partial charge in [-0.15, -0.1) is 0 Å². The molecule has 0 aliphatic rings. The molecule has 0 unspecified atom stereocenters. The summed E-state index contributed by atoms with van der Waals surface area (Å²) in [7, 11) is 1.51. The third-order valence-corrected chi connectivity index (χ3v) is 3.69. The minimum absolute atomic E-state index is 0.200. The highest BCUT2D eigenvalue weighted by Gasteiger charge is 2.13. The van der Waals surface area contributed by atoms with E-state index < -0.39 is 24.4 Å². The molecule has 0 fully saturated rings. The molecule has 0 bridgehead atoms. The summed E-state index contributed by atoms with van der Waals surface area (Å²) in [6, 6.07) is 12.9. The van der Waals surface area contributed by atoms with Crippen molar-refractivity contribution in [3.63, 3.8) is 0 Å². The second-order valence-corrected chi connectivity index (χ2v) is 5.72. The summed E-state index contributed by atoms with van der Waals surface area (Å²) < 4.78 is 9.83. The first kappa shape index (κ1) is 20.6. The number of amides is 2. The van der Waals surface area contributed by atoms with Crippen LogP contribution in [-0.4, -0.2) is 43.8 Å². The molecule has 0 aliphatic heterocycles. The zero-order valence-electron chi connectivity index (χ0n) is 15.5. The summed E-state index contributed by atoms with van der Waals surface area (Å²) in [5.41, 5.74) is 1.05. The van der Waals surface area contributed by atoms with Gasteiger partial charge in [0.1, 0.15) is 12.3 Å². The molecule has 8 nitrogen and oxygen atoms in total. The summed E-state index contributed by atoms with van der Waals surface area (Å²) in [6.45, 7) is 0.460. The van der Waals surface area contributed by atoms with Crippen molar-refractivity contribution in [2.24, 2.45) is 0 Å². The standard InChI is InChI=1S/C20H20N2O6/c1-13(23)16-5-3-4-6-17(16)22-18(24)12-28-19(25)11-21-20(26)14-7-9-15(27-2)10-8-14/h3-10H,11-12H2,1-2H3,(H,21,26)(H,22,24). The van der Waals surface area contributed by atoms with Crippen LogP contribution in [0.5, 0.6) is 5.75 Å². The van der Waals surface area contributed by atoms with Crippen molar-refractivity contribution >= 4 is 29.3 Å². The second-order valence-electron chi connectivity index (χ2n) is 5.72. The number of carbonyl (C=O) groups is 4. The van der Waals surface area contributed by atoms with E-state index in [-0.39, 0.29) is 12.3 Å². The molecule has 2 amide bonds. The molecule has 2 N–H and O–H groups in total. The largest absolute Gasteiger partial charge is 0.497 e. The van der Waals surface area contributed by atoms with Crippen LogP contribution >= 0.6 is 0 Å². The number of Topliss-reactive ketones (excluding diaryl/α,β-unsaturated/α-hetero) is 1. The smallest absolute Gasteiger partial charge is 0.325 e. The van der Waals surface area contributed by atoms with Crippen molar-refractivity contribution < 1.29 is 28.7 Å². The second kappa shape index (κ2) is 9.86. The lowest BCUT2D eigenvalue weighted by molar-refractivity contribution is -0.146. The first-order valence-corrected chi connectivity index (χ1v) is 8.38. The summed E-state index contributed by atoms with van der Waals surface area (Å²) in [5.74, 6) is -1.41. The van der Waals surface area contributed by atoms with Crippen LogP contribution in [-0.2, 0) is 14.3 Å². The van der Waals surface area contributed by atoms with E-state index in [1.165, 1.54) is 14.0 Å². The Morgan fingerprint density at radius 3 is 2.29 bits per heavy atom. The highest BCUT2D eigenvalue weighted by Crippen LogP contribution is 2.15. The Hall–Kier alpha value is -3.68. The van der Waals surface area contributed by atoms with E-state index in [1.54, 1.807) is 48.5 Å². The van der Waals surface area contributed by atoms with Crippen LogP contribution < -0.4 is 15.4 Å². The molecule has 0 aromatic heterocycles. The number of para-hydroxylation sites is 1. The molecular formula is C20H20N2O6. The molecule has 0 saturated heterocycles. The number of hydrogen-bond donors (Lipinski definition) is 2. The first-order chi connectivity index (χ1) is 13.4. The Kier molecular flexibility index (Phi) is 7.27. The Bertz CT molecular complexity index is 877. The van der Waals surface area contributed by atoms with E-state index in [2.05, 4.69) is 10.6 Å². The monoisotopic (exact) mass is 384 g/mol. The predicted molar refractivity (Wildman–Crippen MR) is 101 cm³/mol. The van der Waals surface area contributed by atoms with Crippen LogP contribution in [0.2, 0.25) is 0 Å². The van der Waals surface area contributed by atoms with Crippen molar-refractivity contribution in [1.82, 2.24) is 5.32 Å². The number of hydrogen-bond acceptors (Lipinski definition) is 6. The van der Waals surface area contributed by atoms with Crippen LogP contribution in [0.25, 0.3) is 0 Å². The van der Waals surface area contributed by atoms with E-state index in [4.69, 9.17) is 9.47 Å². The quantitative estimate of drug-likeness (QED) is 0.530. The lowest BCUT2D eigenvalue weighted by atomic mass is 10.1. The number of benzene rings is 2. The topological polar surface area (TPSA) is 111 Å². The molecule has 8 heteroatoms. The molecule has 2 aromatic carbocycles. The number of anilines is 1. The van der Waals surface area contributed by atoms with Crippen LogP contribution in [0, 0.1) is 0 Å². The lowest BCUT2D eigenvalue weighted by Gasteiger charge is -2.10. The molecule has 0 saturated carbocycles. The Labute approximate surface area is 161 Å². The number of nitrogens with one attached hydrogen (secondary N) is 2. The number of esters is 1. The average Bonchev–Trinajstić information content (AvgIpc) is 2.70. The summed E-state index contributed by atoms with van der Waals surface area (Å²) in [4.78, 5) is 47.1. The fraction of sp³-hybridized carbons (Fsp3) is 0.200. The molecule has 146 valence electrons. The SMILES string of the molecule is COc1ccc(C(=O)NCC(=O)OCC(=O)Nc2ccccc2C(C)=O)cc1. The van der Waals surface area contributed by atoms with Crippen molar-refractivity contribution in [2.75, 3.05) is 25.6 Å². The van der Waals surface area contributed by atoms with Gasteiger partial charge in [0, 0.05) is 11.1 Å². The van der Waals surface area contributed by atoms with E-state index in [0.29, 0.717) is 22.6 Å². The Balaban J connectivity index is 1.78. The molecule has 0 heterocycles. The van der Waals surface area contributed by atoms with Gasteiger partial charge < -0.3 is 20.1 Å². The van der Waals surface area contributed by atoms with Crippen molar-refractivity contribution in [2.45, 2.75) is 6.92 Å². The number of ketones is 1. The molecule has 0 atom stereocenters. The molecule has 2 rings (SSSR count). The Morgan fingerprint density at radius 1 is 0.964 bits per heavy atom. The number of ether oxygens (including phenoxy) is 2. The van der Waals surface area contributed by atoms with Crippen LogP contribution in [0.1, 0.15) is 27.6 Å². The van der Waals surface area contributed by atoms with Gasteiger partial charge in [0.25, 0.3) is 11.8 Å². The van der Waals surface area contributed by atoms with Crippen molar-refractivity contribution in [1.29, 1.82) is 0 Å². The number of methoxy groups -OCH3 is 1. The van der Waals surface area contributed by atoms with Crippen LogP contribution in [0.4, 0.5) is 5.69 Å². The van der Waals surface area contributed by atoms with Gasteiger partial charge in [-0.1, -0.05) is 12.1 Å². The number of rotatable bonds is 8. The number of carbonyl (C=O) groups excluding carboxylic acids is 4. The van der Waals surface area contributed by atoms with E-state index >= 15 is 0 Å². The zero-order valence-corrected chi connectivity index (χ0v) is 15.5. The summed E-state index contributed by atoms with van der Waals surface area (Å²) in [6.07, 6.45) is 0. The van der Waals surface area contributed by atoms with Crippen molar-refractivity contribution in [3.05, 3.63) is 59.7 Å². The van der Waals surface area contributed by atoms with E-state index in [0.717, 1.165) is 0 Å². The molecule has 2 aromatic rings. The normalized spacial score (nSPS) is 9.93. The van der Waals surface area contributed by atoms with Gasteiger partial charge in [0.15, 0.2) is 12.4 Å². The average molecular weight is 384 g/mol. The maximum absolute atomic E-state index is 12.0. The van der Waals surface area contributed by atoms with Gasteiger partial charge in [-0.25, -0.2) is 0 Å². The van der Waals surface area contributed by atoms with Crippen LogP contribution in [0.15, 0.2) is 48.5 Å². The summed E-state index contributed by atoms with van der Waals surface area (Å²) >= 11 is 0. The predicted octanol–water partition coefficient (Wildman–Crippen LogP) is 1.81. The van der Waals surface area contributed by atoms with Gasteiger partial charge in [0.2, 0.25) is 0 Å². The van der Waals surface area contributed by atoms with Crippen molar-refractivity contribution in [3.8, 4) is 5.75 Å². The van der Waals surface area contributed by atoms with E-state index in [1.807, 2.05) is 0 Å². The molecule has 28 heavy (non-hydrogen) atoms. The zero-order chi connectivity index (χ0) is 20.5. The minimum Gasteiger partial charge on any atom is -0.497 e. The molecule has 0 radical (unpaired) electrons. The minimum atomic E-state index is -0.767. The highest BCUT2D eigenvalue weighted by molar-refractivity contribution is 6.04. The Morgan fingerprint density at radius 2 is 1.64 bits per heavy atom. The maximum Gasteiger partial charge on any atom is 0.325 e.